The number of ether oxygens (including phenoxy) is 2. The van der Waals surface area contributed by atoms with Gasteiger partial charge < -0.3 is 20.1 Å². The third-order valence-corrected chi connectivity index (χ3v) is 6.40. The van der Waals surface area contributed by atoms with Crippen molar-refractivity contribution in [2.24, 2.45) is 0 Å². The van der Waals surface area contributed by atoms with Crippen LogP contribution in [0, 0.1) is 0 Å². The van der Waals surface area contributed by atoms with Gasteiger partial charge in [-0.05, 0) is 54.7 Å². The van der Waals surface area contributed by atoms with E-state index in [0.29, 0.717) is 24.5 Å². The van der Waals surface area contributed by atoms with Crippen molar-refractivity contribution in [2.75, 3.05) is 24.4 Å². The molecule has 1 aliphatic carbocycles. The monoisotopic (exact) mass is 440 g/mol. The minimum Gasteiger partial charge on any atom is -0.493 e. The van der Waals surface area contributed by atoms with E-state index in [9.17, 15) is 4.79 Å². The van der Waals surface area contributed by atoms with E-state index in [2.05, 4.69) is 22.8 Å². The van der Waals surface area contributed by atoms with Crippen molar-refractivity contribution in [3.8, 4) is 11.5 Å². The first-order chi connectivity index (χ1) is 16.2. The SMILES string of the molecule is CCOc1ccc([C@H]2Nc3ccccc3NC3=C2C(=O)C[C@@H](c2ccccc2)C3)cc1OC. The highest BCUT2D eigenvalue weighted by Gasteiger charge is 2.36. The maximum atomic E-state index is 13.6. The second kappa shape index (κ2) is 9.02. The quantitative estimate of drug-likeness (QED) is 0.504. The minimum atomic E-state index is -0.287. The molecule has 5 nitrogen and oxygen atoms in total. The van der Waals surface area contributed by atoms with Crippen LogP contribution in [0.5, 0.6) is 11.5 Å². The van der Waals surface area contributed by atoms with Gasteiger partial charge in [0.2, 0.25) is 0 Å². The van der Waals surface area contributed by atoms with E-state index in [-0.39, 0.29) is 17.7 Å². The van der Waals surface area contributed by atoms with E-state index >= 15 is 0 Å². The van der Waals surface area contributed by atoms with Crippen molar-refractivity contribution in [1.82, 2.24) is 0 Å². The average molecular weight is 441 g/mol. The molecule has 0 saturated carbocycles. The Bertz CT molecular complexity index is 1200. The normalized spacial score (nSPS) is 19.5. The summed E-state index contributed by atoms with van der Waals surface area (Å²) in [6, 6.07) is 24.0. The Hall–Kier alpha value is -3.73. The summed E-state index contributed by atoms with van der Waals surface area (Å²) in [5.74, 6) is 1.68. The number of nitrogens with one attached hydrogen (secondary N) is 2. The smallest absolute Gasteiger partial charge is 0.163 e. The molecule has 0 saturated heterocycles. The van der Waals surface area contributed by atoms with Crippen molar-refractivity contribution in [3.63, 3.8) is 0 Å². The standard InChI is InChI=1S/C28H28N2O3/c1-3-33-25-14-13-19(17-26(25)32-2)28-27-23(29-21-11-7-8-12-22(21)30-28)15-20(16-24(27)31)18-9-5-4-6-10-18/h4-14,17,20,28-30H,3,15-16H2,1-2H3/t20-,28+/m0/s1. The summed E-state index contributed by atoms with van der Waals surface area (Å²) in [6.45, 7) is 2.51. The van der Waals surface area contributed by atoms with Gasteiger partial charge in [-0.3, -0.25) is 4.79 Å². The molecule has 2 N–H and O–H groups in total. The Kier molecular flexibility index (Phi) is 5.78. The molecule has 1 aliphatic heterocycles. The van der Waals surface area contributed by atoms with Crippen LogP contribution in [0.25, 0.3) is 0 Å². The number of anilines is 2. The predicted molar refractivity (Wildman–Crippen MR) is 131 cm³/mol. The number of para-hydroxylation sites is 2. The number of fused-ring (bicyclic) bond motifs is 1. The average Bonchev–Trinajstić information content (AvgIpc) is 3.02. The fourth-order valence-electron chi connectivity index (χ4n) is 4.84. The lowest BCUT2D eigenvalue weighted by atomic mass is 9.78. The lowest BCUT2D eigenvalue weighted by Gasteiger charge is -2.30. The van der Waals surface area contributed by atoms with Gasteiger partial charge >= 0.3 is 0 Å². The maximum Gasteiger partial charge on any atom is 0.163 e. The molecule has 2 aliphatic rings. The van der Waals surface area contributed by atoms with Gasteiger partial charge in [-0.25, -0.2) is 0 Å². The maximum absolute atomic E-state index is 13.6. The van der Waals surface area contributed by atoms with Crippen LogP contribution in [0.4, 0.5) is 11.4 Å². The van der Waals surface area contributed by atoms with Gasteiger partial charge in [-0.1, -0.05) is 48.5 Å². The van der Waals surface area contributed by atoms with E-state index in [4.69, 9.17) is 9.47 Å². The Morgan fingerprint density at radius 2 is 1.64 bits per heavy atom. The summed E-state index contributed by atoms with van der Waals surface area (Å²) in [6.07, 6.45) is 1.28. The molecule has 168 valence electrons. The summed E-state index contributed by atoms with van der Waals surface area (Å²) in [5.41, 5.74) is 5.89. The number of hydrogen-bond donors (Lipinski definition) is 2. The van der Waals surface area contributed by atoms with Crippen LogP contribution in [-0.4, -0.2) is 19.5 Å². The molecule has 5 rings (SSSR count). The number of rotatable bonds is 5. The van der Waals surface area contributed by atoms with Crippen LogP contribution in [0.3, 0.4) is 0 Å². The summed E-state index contributed by atoms with van der Waals surface area (Å²) in [7, 11) is 1.64. The molecule has 3 aromatic carbocycles. The van der Waals surface area contributed by atoms with E-state index in [0.717, 1.165) is 34.6 Å². The number of Topliss-reactive ketones (excluding diaryl/α,β-unsaturated/α-hetero) is 1. The molecule has 2 atom stereocenters. The number of ketones is 1. The summed E-state index contributed by atoms with van der Waals surface area (Å²) >= 11 is 0. The van der Waals surface area contributed by atoms with Crippen molar-refractivity contribution < 1.29 is 14.3 Å². The Morgan fingerprint density at radius 3 is 2.39 bits per heavy atom. The number of hydrogen-bond acceptors (Lipinski definition) is 5. The summed E-state index contributed by atoms with van der Waals surface area (Å²) < 4.78 is 11.3. The van der Waals surface area contributed by atoms with Crippen molar-refractivity contribution in [2.45, 2.75) is 31.7 Å². The van der Waals surface area contributed by atoms with Gasteiger partial charge in [-0.15, -0.1) is 0 Å². The number of carbonyl (C=O) groups excluding carboxylic acids is 1. The lowest BCUT2D eigenvalue weighted by Crippen LogP contribution is -2.26. The minimum absolute atomic E-state index is 0.158. The highest BCUT2D eigenvalue weighted by molar-refractivity contribution is 6.01. The first kappa shape index (κ1) is 21.1. The number of methoxy groups -OCH3 is 1. The second-order valence-corrected chi connectivity index (χ2v) is 8.42. The van der Waals surface area contributed by atoms with Crippen LogP contribution in [0.2, 0.25) is 0 Å². The molecular weight excluding hydrogens is 412 g/mol. The van der Waals surface area contributed by atoms with E-state index in [1.54, 1.807) is 7.11 Å². The first-order valence-electron chi connectivity index (χ1n) is 11.4. The topological polar surface area (TPSA) is 59.6 Å². The second-order valence-electron chi connectivity index (χ2n) is 8.42. The van der Waals surface area contributed by atoms with Crippen molar-refractivity contribution in [1.29, 1.82) is 0 Å². The highest BCUT2D eigenvalue weighted by Crippen LogP contribution is 2.45. The fourth-order valence-corrected chi connectivity index (χ4v) is 4.84. The number of carbonyl (C=O) groups is 1. The van der Waals surface area contributed by atoms with E-state index in [1.807, 2.05) is 67.6 Å². The summed E-state index contributed by atoms with van der Waals surface area (Å²) in [4.78, 5) is 13.6. The predicted octanol–water partition coefficient (Wildman–Crippen LogP) is 6.07. The fraction of sp³-hybridized carbons (Fsp3) is 0.250. The van der Waals surface area contributed by atoms with Crippen LogP contribution in [0.15, 0.2) is 84.1 Å². The molecule has 0 fully saturated rings. The van der Waals surface area contributed by atoms with Gasteiger partial charge in [0.1, 0.15) is 0 Å². The molecule has 1 heterocycles. The van der Waals surface area contributed by atoms with Crippen molar-refractivity contribution in [3.05, 3.63) is 95.2 Å². The molecule has 0 radical (unpaired) electrons. The molecule has 0 unspecified atom stereocenters. The van der Waals surface area contributed by atoms with Gasteiger partial charge in [0.15, 0.2) is 17.3 Å². The Labute approximate surface area is 194 Å². The zero-order chi connectivity index (χ0) is 22.8. The molecule has 5 heteroatoms. The van der Waals surface area contributed by atoms with Gasteiger partial charge in [0.25, 0.3) is 0 Å². The molecule has 33 heavy (non-hydrogen) atoms. The largest absolute Gasteiger partial charge is 0.493 e. The molecule has 3 aromatic rings. The lowest BCUT2D eigenvalue weighted by molar-refractivity contribution is -0.116. The highest BCUT2D eigenvalue weighted by atomic mass is 16.5. The number of allylic oxidation sites excluding steroid dienone is 1. The van der Waals surface area contributed by atoms with Gasteiger partial charge in [0.05, 0.1) is 31.1 Å². The van der Waals surface area contributed by atoms with E-state index < -0.39 is 0 Å². The molecule has 0 amide bonds. The van der Waals surface area contributed by atoms with Crippen LogP contribution >= 0.6 is 0 Å². The first-order valence-corrected chi connectivity index (χ1v) is 11.4. The molecule has 0 spiro atoms. The van der Waals surface area contributed by atoms with Crippen molar-refractivity contribution >= 4 is 17.2 Å². The zero-order valence-electron chi connectivity index (χ0n) is 18.9. The van der Waals surface area contributed by atoms with Gasteiger partial charge in [0, 0.05) is 17.7 Å². The van der Waals surface area contributed by atoms with Crippen LogP contribution in [-0.2, 0) is 4.79 Å². The summed E-state index contributed by atoms with van der Waals surface area (Å²) in [5, 5.41) is 7.22. The molecule has 0 aromatic heterocycles. The van der Waals surface area contributed by atoms with Gasteiger partial charge in [-0.2, -0.15) is 0 Å². The Balaban J connectivity index is 1.60. The molecular formula is C28H28N2O3. The van der Waals surface area contributed by atoms with Crippen LogP contribution < -0.4 is 20.1 Å². The zero-order valence-corrected chi connectivity index (χ0v) is 18.9. The van der Waals surface area contributed by atoms with E-state index in [1.165, 1.54) is 5.56 Å². The van der Waals surface area contributed by atoms with Crippen LogP contribution in [0.1, 0.15) is 42.9 Å². The third kappa shape index (κ3) is 4.07. The molecule has 0 bridgehead atoms. The Morgan fingerprint density at radius 1 is 0.879 bits per heavy atom. The third-order valence-electron chi connectivity index (χ3n) is 6.40. The number of benzene rings is 3.